The van der Waals surface area contributed by atoms with Crippen LogP contribution < -0.4 is 14.8 Å². The second-order valence-electron chi connectivity index (χ2n) is 8.45. The second kappa shape index (κ2) is 11.7. The fourth-order valence-electron chi connectivity index (χ4n) is 4.02. The van der Waals surface area contributed by atoms with Crippen LogP contribution in [0.4, 0.5) is 0 Å². The highest BCUT2D eigenvalue weighted by atomic mass is 32.2. The van der Waals surface area contributed by atoms with Crippen molar-refractivity contribution in [2.75, 3.05) is 18.1 Å². The number of rotatable bonds is 11. The van der Waals surface area contributed by atoms with Crippen molar-refractivity contribution in [3.05, 3.63) is 64.2 Å². The fraction of sp³-hybridized carbons (Fsp3) is 0.320. The van der Waals surface area contributed by atoms with Crippen molar-refractivity contribution in [1.29, 1.82) is 0 Å². The minimum Gasteiger partial charge on any atom is -0.494 e. The van der Waals surface area contributed by atoms with Crippen LogP contribution in [0.5, 0.6) is 11.5 Å². The van der Waals surface area contributed by atoms with Gasteiger partial charge in [0.2, 0.25) is 0 Å². The number of hydrogen-bond acceptors (Lipinski definition) is 11. The van der Waals surface area contributed by atoms with Crippen molar-refractivity contribution in [2.24, 2.45) is 0 Å². The van der Waals surface area contributed by atoms with Gasteiger partial charge >= 0.3 is 5.97 Å². The standard InChI is InChI=1S/C25H24N4O7S3/c1-3-34-15-4-6-16(7-5-15)35-10-17-8-9-18(36-17)21(30)26-19-22(31)29-20(24(32)33)14(11-37-23(19)29)12-38-25-28-27-13(2)39-25/h4-9,19,23H,3,10-12H2,1-2H3,(H,26,30)(H,32,33)/t19-,23-/m0/s1. The average Bonchev–Trinajstić information content (AvgIpc) is 3.58. The first-order chi connectivity index (χ1) is 18.8. The molecule has 5 rings (SSSR count). The Morgan fingerprint density at radius 1 is 1.18 bits per heavy atom. The maximum atomic E-state index is 12.9. The lowest BCUT2D eigenvalue weighted by atomic mass is 10.0. The summed E-state index contributed by atoms with van der Waals surface area (Å²) >= 11 is 4.23. The largest absolute Gasteiger partial charge is 0.494 e. The number of carbonyl (C=O) groups excluding carboxylic acids is 2. The van der Waals surface area contributed by atoms with E-state index in [1.807, 2.05) is 13.8 Å². The van der Waals surface area contributed by atoms with Crippen LogP contribution in [0.2, 0.25) is 0 Å². The van der Waals surface area contributed by atoms with Crippen LogP contribution >= 0.6 is 34.9 Å². The molecule has 0 bridgehead atoms. The molecule has 204 valence electrons. The molecule has 2 aliphatic heterocycles. The quantitative estimate of drug-likeness (QED) is 0.251. The molecular formula is C25H24N4O7S3. The maximum absolute atomic E-state index is 12.9. The Morgan fingerprint density at radius 2 is 1.92 bits per heavy atom. The number of nitrogens with zero attached hydrogens (tertiary/aromatic N) is 3. The Bertz CT molecular complexity index is 1420. The number of carboxylic acids is 1. The van der Waals surface area contributed by atoms with Gasteiger partial charge in [0, 0.05) is 11.5 Å². The van der Waals surface area contributed by atoms with Gasteiger partial charge in [0.1, 0.15) is 46.0 Å². The van der Waals surface area contributed by atoms with Crippen molar-refractivity contribution in [3.63, 3.8) is 0 Å². The van der Waals surface area contributed by atoms with Crippen LogP contribution in [0.1, 0.15) is 28.2 Å². The van der Waals surface area contributed by atoms with Gasteiger partial charge < -0.3 is 24.3 Å². The molecule has 1 saturated heterocycles. The van der Waals surface area contributed by atoms with Crippen molar-refractivity contribution in [2.45, 2.75) is 36.2 Å². The smallest absolute Gasteiger partial charge is 0.352 e. The molecule has 1 fully saturated rings. The molecular weight excluding hydrogens is 564 g/mol. The summed E-state index contributed by atoms with van der Waals surface area (Å²) in [7, 11) is 0. The molecule has 0 unspecified atom stereocenters. The van der Waals surface area contributed by atoms with E-state index in [4.69, 9.17) is 13.9 Å². The van der Waals surface area contributed by atoms with Crippen molar-refractivity contribution in [1.82, 2.24) is 20.4 Å². The van der Waals surface area contributed by atoms with Gasteiger partial charge in [-0.3, -0.25) is 14.5 Å². The Hall–Kier alpha value is -3.49. The molecule has 1 aromatic carbocycles. The molecule has 2 aromatic heterocycles. The molecule has 4 heterocycles. The zero-order chi connectivity index (χ0) is 27.5. The second-order valence-corrected chi connectivity index (χ2v) is 12.0. The first-order valence-electron chi connectivity index (χ1n) is 11.9. The van der Waals surface area contributed by atoms with E-state index in [0.29, 0.717) is 35.2 Å². The number of aryl methyl sites for hydroxylation is 1. The summed E-state index contributed by atoms with van der Waals surface area (Å²) in [6, 6.07) is 9.43. The third-order valence-electron chi connectivity index (χ3n) is 5.82. The number of aromatic nitrogens is 2. The normalized spacial score (nSPS) is 18.4. The molecule has 0 spiro atoms. The van der Waals surface area contributed by atoms with Crippen LogP contribution in [-0.4, -0.2) is 67.5 Å². The Kier molecular flexibility index (Phi) is 8.14. The van der Waals surface area contributed by atoms with Gasteiger partial charge in [-0.2, -0.15) is 0 Å². The van der Waals surface area contributed by atoms with Crippen LogP contribution in [0.15, 0.2) is 56.4 Å². The zero-order valence-electron chi connectivity index (χ0n) is 20.9. The van der Waals surface area contributed by atoms with Gasteiger partial charge in [-0.25, -0.2) is 4.79 Å². The number of nitrogens with one attached hydrogen (secondary N) is 1. The number of thioether (sulfide) groups is 2. The van der Waals surface area contributed by atoms with Crippen molar-refractivity contribution >= 4 is 52.6 Å². The Morgan fingerprint density at radius 3 is 2.59 bits per heavy atom. The number of benzene rings is 1. The van der Waals surface area contributed by atoms with E-state index < -0.39 is 29.2 Å². The number of β-lactam (4-membered cyclic amide) rings is 1. The minimum absolute atomic E-state index is 0.0327. The van der Waals surface area contributed by atoms with Crippen LogP contribution in [0.25, 0.3) is 0 Å². The molecule has 0 radical (unpaired) electrons. The highest BCUT2D eigenvalue weighted by Gasteiger charge is 2.54. The number of fused-ring (bicyclic) bond motifs is 1. The van der Waals surface area contributed by atoms with E-state index in [2.05, 4.69) is 15.5 Å². The Labute approximate surface area is 235 Å². The lowest BCUT2D eigenvalue weighted by molar-refractivity contribution is -0.148. The molecule has 2 aliphatic rings. The summed E-state index contributed by atoms with van der Waals surface area (Å²) < 4.78 is 17.5. The van der Waals surface area contributed by atoms with Gasteiger partial charge in [-0.1, -0.05) is 23.1 Å². The van der Waals surface area contributed by atoms with Gasteiger partial charge in [0.15, 0.2) is 10.1 Å². The van der Waals surface area contributed by atoms with E-state index in [-0.39, 0.29) is 18.1 Å². The molecule has 0 aliphatic carbocycles. The lowest BCUT2D eigenvalue weighted by Crippen LogP contribution is -2.70. The zero-order valence-corrected chi connectivity index (χ0v) is 23.4. The van der Waals surface area contributed by atoms with E-state index in [1.165, 1.54) is 45.8 Å². The first-order valence-corrected chi connectivity index (χ1v) is 14.8. The molecule has 3 aromatic rings. The van der Waals surface area contributed by atoms with E-state index >= 15 is 0 Å². The van der Waals surface area contributed by atoms with Gasteiger partial charge in [-0.15, -0.1) is 22.0 Å². The molecule has 14 heteroatoms. The number of furan rings is 1. The molecule has 11 nitrogen and oxygen atoms in total. The summed E-state index contributed by atoms with van der Waals surface area (Å²) in [6.45, 7) is 4.44. The first kappa shape index (κ1) is 27.1. The predicted molar refractivity (Wildman–Crippen MR) is 145 cm³/mol. The van der Waals surface area contributed by atoms with E-state index in [0.717, 1.165) is 15.1 Å². The SMILES string of the molecule is CCOc1ccc(OCc2ccc(C(=O)N[C@H]3C(=O)N4C(C(=O)O)=C(CSc5nnc(C)s5)CS[C@@H]34)o2)cc1. The molecule has 2 N–H and O–H groups in total. The van der Waals surface area contributed by atoms with Crippen LogP contribution in [0.3, 0.4) is 0 Å². The predicted octanol–water partition coefficient (Wildman–Crippen LogP) is 3.56. The number of aliphatic carboxylic acids is 1. The van der Waals surface area contributed by atoms with Crippen LogP contribution in [-0.2, 0) is 16.2 Å². The van der Waals surface area contributed by atoms with Crippen molar-refractivity contribution < 1.29 is 33.4 Å². The average molecular weight is 589 g/mol. The van der Waals surface area contributed by atoms with Gasteiger partial charge in [0.25, 0.3) is 11.8 Å². The Balaban J connectivity index is 1.18. The monoisotopic (exact) mass is 588 g/mol. The number of hydrogen-bond donors (Lipinski definition) is 2. The number of ether oxygens (including phenoxy) is 2. The summed E-state index contributed by atoms with van der Waals surface area (Å²) in [5, 5.41) is 20.9. The van der Waals surface area contributed by atoms with Crippen molar-refractivity contribution in [3.8, 4) is 11.5 Å². The number of amides is 2. The minimum atomic E-state index is -1.18. The maximum Gasteiger partial charge on any atom is 0.352 e. The third-order valence-corrected chi connectivity index (χ3v) is 9.21. The van der Waals surface area contributed by atoms with Crippen LogP contribution in [0, 0.1) is 6.92 Å². The molecule has 0 saturated carbocycles. The number of carbonyl (C=O) groups is 3. The highest BCUT2D eigenvalue weighted by Crippen LogP contribution is 2.42. The van der Waals surface area contributed by atoms with Gasteiger partial charge in [0.05, 0.1) is 6.61 Å². The summed E-state index contributed by atoms with van der Waals surface area (Å²) in [5.41, 5.74) is 0.595. The lowest BCUT2D eigenvalue weighted by Gasteiger charge is -2.49. The molecule has 2 amide bonds. The summed E-state index contributed by atoms with van der Waals surface area (Å²) in [6.07, 6.45) is 0. The van der Waals surface area contributed by atoms with Gasteiger partial charge in [-0.05, 0) is 55.8 Å². The fourth-order valence-corrected chi connectivity index (χ4v) is 7.32. The van der Waals surface area contributed by atoms with E-state index in [1.54, 1.807) is 30.3 Å². The molecule has 39 heavy (non-hydrogen) atoms. The summed E-state index contributed by atoms with van der Waals surface area (Å²) in [4.78, 5) is 39.1. The van der Waals surface area contributed by atoms with E-state index in [9.17, 15) is 19.5 Å². The highest BCUT2D eigenvalue weighted by molar-refractivity contribution is 8.01. The summed E-state index contributed by atoms with van der Waals surface area (Å²) in [5.74, 6) is 0.418. The topological polar surface area (TPSA) is 144 Å². The molecule has 2 atom stereocenters. The number of carboxylic acid groups (broad SMARTS) is 1. The third kappa shape index (κ3) is 5.92.